The fourth-order valence-electron chi connectivity index (χ4n) is 2.09. The second-order valence-corrected chi connectivity index (χ2v) is 5.13. The summed E-state index contributed by atoms with van der Waals surface area (Å²) in [7, 11) is 0. The Morgan fingerprint density at radius 2 is 1.75 bits per heavy atom. The van der Waals surface area contributed by atoms with Crippen LogP contribution in [0, 0.1) is 0 Å². The van der Waals surface area contributed by atoms with E-state index in [9.17, 15) is 18.0 Å². The van der Waals surface area contributed by atoms with Gasteiger partial charge in [-0.15, -0.1) is 0 Å². The molecule has 0 fully saturated rings. The number of halogens is 3. The standard InChI is InChI=1S/C17H15F3O4/c18-17(19,20)13-6-4-11(5-7-13)10-24-14-3-1-2-12(8-14)15(9-21)16(22)23/h1-9,15-16,22-23H,10H2. The molecule has 4 nitrogen and oxygen atoms in total. The molecule has 128 valence electrons. The van der Waals surface area contributed by atoms with Gasteiger partial charge in [-0.2, -0.15) is 13.2 Å². The Labute approximate surface area is 136 Å². The molecule has 0 saturated carbocycles. The molecule has 2 rings (SSSR count). The molecule has 24 heavy (non-hydrogen) atoms. The number of carbonyl (C=O) groups is 1. The van der Waals surface area contributed by atoms with Crippen LogP contribution in [0.5, 0.6) is 5.75 Å². The van der Waals surface area contributed by atoms with Crippen LogP contribution in [0.3, 0.4) is 0 Å². The third-order valence-corrected chi connectivity index (χ3v) is 3.40. The van der Waals surface area contributed by atoms with Crippen LogP contribution in [-0.4, -0.2) is 22.8 Å². The van der Waals surface area contributed by atoms with E-state index in [4.69, 9.17) is 14.9 Å². The van der Waals surface area contributed by atoms with Crippen LogP contribution in [0.4, 0.5) is 13.2 Å². The van der Waals surface area contributed by atoms with Crippen molar-refractivity contribution in [2.24, 2.45) is 0 Å². The Morgan fingerprint density at radius 1 is 1.08 bits per heavy atom. The molecule has 0 aliphatic heterocycles. The number of hydrogen-bond acceptors (Lipinski definition) is 4. The molecule has 0 aliphatic carbocycles. The second kappa shape index (κ2) is 7.46. The topological polar surface area (TPSA) is 66.8 Å². The maximum Gasteiger partial charge on any atom is 0.416 e. The molecule has 2 aromatic rings. The molecule has 0 aromatic heterocycles. The molecule has 7 heteroatoms. The molecule has 0 amide bonds. The second-order valence-electron chi connectivity index (χ2n) is 5.13. The minimum Gasteiger partial charge on any atom is -0.489 e. The molecule has 0 saturated heterocycles. The van der Waals surface area contributed by atoms with Crippen LogP contribution >= 0.6 is 0 Å². The highest BCUT2D eigenvalue weighted by Crippen LogP contribution is 2.29. The number of ether oxygens (including phenoxy) is 1. The van der Waals surface area contributed by atoms with Crippen LogP contribution in [0.2, 0.25) is 0 Å². The zero-order chi connectivity index (χ0) is 17.7. The SMILES string of the molecule is O=CC(c1cccc(OCc2ccc(C(F)(F)F)cc2)c1)C(O)O. The minimum absolute atomic E-state index is 0.0367. The van der Waals surface area contributed by atoms with E-state index in [1.807, 2.05) is 0 Å². The largest absolute Gasteiger partial charge is 0.489 e. The van der Waals surface area contributed by atoms with Crippen molar-refractivity contribution in [3.8, 4) is 5.75 Å². The maximum atomic E-state index is 12.5. The molecule has 2 N–H and O–H groups in total. The molecule has 0 spiro atoms. The Morgan fingerprint density at radius 3 is 2.29 bits per heavy atom. The van der Waals surface area contributed by atoms with E-state index in [2.05, 4.69) is 0 Å². The summed E-state index contributed by atoms with van der Waals surface area (Å²) in [6, 6.07) is 10.8. The number of aldehydes is 1. The van der Waals surface area contributed by atoms with Gasteiger partial charge in [0, 0.05) is 0 Å². The van der Waals surface area contributed by atoms with Gasteiger partial charge in [0.25, 0.3) is 0 Å². The van der Waals surface area contributed by atoms with Gasteiger partial charge in [0.1, 0.15) is 18.6 Å². The normalized spacial score (nSPS) is 12.9. The lowest BCUT2D eigenvalue weighted by Crippen LogP contribution is -2.18. The van der Waals surface area contributed by atoms with Gasteiger partial charge < -0.3 is 19.7 Å². The summed E-state index contributed by atoms with van der Waals surface area (Å²) in [5.41, 5.74) is 0.173. The van der Waals surface area contributed by atoms with E-state index in [0.29, 0.717) is 23.2 Å². The molecule has 1 atom stereocenters. The van der Waals surface area contributed by atoms with E-state index in [0.717, 1.165) is 12.1 Å². The van der Waals surface area contributed by atoms with Crippen LogP contribution < -0.4 is 4.74 Å². The monoisotopic (exact) mass is 340 g/mol. The van der Waals surface area contributed by atoms with Crippen molar-refractivity contribution < 1.29 is 32.9 Å². The number of aliphatic hydroxyl groups is 2. The predicted molar refractivity (Wildman–Crippen MR) is 79.2 cm³/mol. The van der Waals surface area contributed by atoms with E-state index in [1.54, 1.807) is 18.2 Å². The molecule has 1 unspecified atom stereocenters. The van der Waals surface area contributed by atoms with E-state index in [1.165, 1.54) is 18.2 Å². The third kappa shape index (κ3) is 4.56. The first-order chi connectivity index (χ1) is 11.3. The number of alkyl halides is 3. The minimum atomic E-state index is -4.39. The van der Waals surface area contributed by atoms with Crippen molar-refractivity contribution in [2.75, 3.05) is 0 Å². The first-order valence-electron chi connectivity index (χ1n) is 7.01. The van der Waals surface area contributed by atoms with Crippen LogP contribution in [0.15, 0.2) is 48.5 Å². The molecule has 0 radical (unpaired) electrons. The van der Waals surface area contributed by atoms with Crippen LogP contribution in [0.25, 0.3) is 0 Å². The number of aliphatic hydroxyl groups excluding tert-OH is 1. The van der Waals surface area contributed by atoms with Gasteiger partial charge in [-0.1, -0.05) is 24.3 Å². The number of hydrogen-bond donors (Lipinski definition) is 2. The fraction of sp³-hybridized carbons (Fsp3) is 0.235. The molecule has 2 aromatic carbocycles. The first-order valence-corrected chi connectivity index (χ1v) is 7.01. The van der Waals surface area contributed by atoms with Crippen molar-refractivity contribution >= 4 is 6.29 Å². The van der Waals surface area contributed by atoms with Crippen molar-refractivity contribution in [3.63, 3.8) is 0 Å². The summed E-state index contributed by atoms with van der Waals surface area (Å²) in [6.45, 7) is 0.0367. The van der Waals surface area contributed by atoms with Gasteiger partial charge in [0.15, 0.2) is 6.29 Å². The van der Waals surface area contributed by atoms with E-state index < -0.39 is 23.9 Å². The summed E-state index contributed by atoms with van der Waals surface area (Å²) >= 11 is 0. The van der Waals surface area contributed by atoms with Gasteiger partial charge in [-0.05, 0) is 35.4 Å². The lowest BCUT2D eigenvalue weighted by molar-refractivity contribution is -0.137. The summed E-state index contributed by atoms with van der Waals surface area (Å²) in [6.07, 6.45) is -5.80. The van der Waals surface area contributed by atoms with Gasteiger partial charge in [-0.25, -0.2) is 0 Å². The average molecular weight is 340 g/mol. The summed E-state index contributed by atoms with van der Waals surface area (Å²) in [5, 5.41) is 18.3. The van der Waals surface area contributed by atoms with Crippen LogP contribution in [-0.2, 0) is 17.6 Å². The molecule has 0 heterocycles. The number of benzene rings is 2. The predicted octanol–water partition coefficient (Wildman–Crippen LogP) is 2.88. The van der Waals surface area contributed by atoms with Gasteiger partial charge in [-0.3, -0.25) is 0 Å². The Bertz CT molecular complexity index is 681. The maximum absolute atomic E-state index is 12.5. The zero-order valence-electron chi connectivity index (χ0n) is 12.4. The summed E-state index contributed by atoms with van der Waals surface area (Å²) in [5.74, 6) is -0.737. The highest BCUT2D eigenvalue weighted by Gasteiger charge is 2.29. The fourth-order valence-corrected chi connectivity index (χ4v) is 2.09. The third-order valence-electron chi connectivity index (χ3n) is 3.40. The van der Waals surface area contributed by atoms with Gasteiger partial charge in [0.05, 0.1) is 11.5 Å². The van der Waals surface area contributed by atoms with Crippen molar-refractivity contribution in [2.45, 2.75) is 25.0 Å². The van der Waals surface area contributed by atoms with E-state index in [-0.39, 0.29) is 6.61 Å². The van der Waals surface area contributed by atoms with Crippen LogP contribution in [0.1, 0.15) is 22.6 Å². The smallest absolute Gasteiger partial charge is 0.416 e. The number of carbonyl (C=O) groups excluding carboxylic acids is 1. The lowest BCUT2D eigenvalue weighted by atomic mass is 10.00. The van der Waals surface area contributed by atoms with Crippen molar-refractivity contribution in [3.05, 3.63) is 65.2 Å². The first kappa shape index (κ1) is 18.0. The lowest BCUT2D eigenvalue weighted by Gasteiger charge is -2.14. The Kier molecular flexibility index (Phi) is 5.58. The highest BCUT2D eigenvalue weighted by atomic mass is 19.4. The Balaban J connectivity index is 2.06. The molecule has 0 bridgehead atoms. The molecular weight excluding hydrogens is 325 g/mol. The molecular formula is C17H15F3O4. The van der Waals surface area contributed by atoms with Crippen molar-refractivity contribution in [1.82, 2.24) is 0 Å². The van der Waals surface area contributed by atoms with E-state index >= 15 is 0 Å². The summed E-state index contributed by atoms with van der Waals surface area (Å²) < 4.78 is 42.9. The van der Waals surface area contributed by atoms with Gasteiger partial charge in [0.2, 0.25) is 0 Å². The van der Waals surface area contributed by atoms with Gasteiger partial charge >= 0.3 is 6.18 Å². The summed E-state index contributed by atoms with van der Waals surface area (Å²) in [4.78, 5) is 10.9. The highest BCUT2D eigenvalue weighted by molar-refractivity contribution is 5.63. The van der Waals surface area contributed by atoms with Crippen molar-refractivity contribution in [1.29, 1.82) is 0 Å². The zero-order valence-corrected chi connectivity index (χ0v) is 12.4. The average Bonchev–Trinajstić information content (AvgIpc) is 2.53. The quantitative estimate of drug-likeness (QED) is 0.627. The Hall–Kier alpha value is -2.38. The number of rotatable bonds is 6. The molecule has 0 aliphatic rings.